The molecule has 3 atom stereocenters. The zero-order valence-corrected chi connectivity index (χ0v) is 11.3. The van der Waals surface area contributed by atoms with Crippen molar-refractivity contribution in [3.05, 3.63) is 0 Å². The molecule has 0 heterocycles. The Morgan fingerprint density at radius 2 is 1.67 bits per heavy atom. The Balaban J connectivity index is 1.61. The summed E-state index contributed by atoms with van der Waals surface area (Å²) in [6.07, 6.45) is 13.4. The molecule has 0 aromatic rings. The third kappa shape index (κ3) is 2.42. The second-order valence-electron chi connectivity index (χ2n) is 6.48. The van der Waals surface area contributed by atoms with E-state index in [1.165, 1.54) is 64.2 Å². The lowest BCUT2D eigenvalue weighted by Gasteiger charge is -2.30. The van der Waals surface area contributed by atoms with Gasteiger partial charge in [-0.2, -0.15) is 0 Å². The summed E-state index contributed by atoms with van der Waals surface area (Å²) in [5.74, 6) is 1.32. The van der Waals surface area contributed by atoms with E-state index >= 15 is 0 Å². The number of oxime groups is 1. The van der Waals surface area contributed by atoms with E-state index in [2.05, 4.69) is 10.5 Å². The van der Waals surface area contributed by atoms with E-state index in [-0.39, 0.29) is 0 Å². The van der Waals surface area contributed by atoms with Crippen LogP contribution in [0.5, 0.6) is 0 Å². The highest BCUT2D eigenvalue weighted by Crippen LogP contribution is 2.43. The van der Waals surface area contributed by atoms with Crippen LogP contribution in [0.25, 0.3) is 0 Å². The maximum Gasteiger partial charge on any atom is 0.0773 e. The second-order valence-corrected chi connectivity index (χ2v) is 6.48. The van der Waals surface area contributed by atoms with Crippen LogP contribution in [0.2, 0.25) is 0 Å². The minimum Gasteiger partial charge on any atom is -0.411 e. The molecule has 0 amide bonds. The van der Waals surface area contributed by atoms with Gasteiger partial charge in [0.05, 0.1) is 11.8 Å². The fourth-order valence-corrected chi connectivity index (χ4v) is 4.33. The average Bonchev–Trinajstić information content (AvgIpc) is 2.92. The summed E-state index contributed by atoms with van der Waals surface area (Å²) in [5.41, 5.74) is 1.06. The molecule has 0 aliphatic heterocycles. The number of nitrogens with zero attached hydrogens (tertiary/aromatic N) is 1. The molecule has 3 aliphatic carbocycles. The molecule has 3 saturated carbocycles. The molecule has 102 valence electrons. The third-order valence-electron chi connectivity index (χ3n) is 5.32. The normalized spacial score (nSPS) is 40.0. The molecule has 3 heteroatoms. The Bertz CT molecular complexity index is 308. The SMILES string of the molecule is O/N=C1\C2CCC(C2)C1NC1CCCCCCC1. The van der Waals surface area contributed by atoms with Crippen molar-refractivity contribution in [2.75, 3.05) is 0 Å². The maximum atomic E-state index is 9.24. The van der Waals surface area contributed by atoms with Gasteiger partial charge in [0.1, 0.15) is 0 Å². The van der Waals surface area contributed by atoms with Gasteiger partial charge in [0.2, 0.25) is 0 Å². The van der Waals surface area contributed by atoms with E-state index in [9.17, 15) is 5.21 Å². The summed E-state index contributed by atoms with van der Waals surface area (Å²) >= 11 is 0. The first-order valence-electron chi connectivity index (χ1n) is 7.86. The predicted molar refractivity (Wildman–Crippen MR) is 73.1 cm³/mol. The summed E-state index contributed by atoms with van der Waals surface area (Å²) in [5, 5.41) is 16.7. The molecule has 0 radical (unpaired) electrons. The topological polar surface area (TPSA) is 44.6 Å². The van der Waals surface area contributed by atoms with Gasteiger partial charge in [0, 0.05) is 12.0 Å². The summed E-state index contributed by atoms with van der Waals surface area (Å²) in [4.78, 5) is 0. The van der Waals surface area contributed by atoms with Gasteiger partial charge < -0.3 is 10.5 Å². The van der Waals surface area contributed by atoms with Crippen molar-refractivity contribution >= 4 is 5.71 Å². The standard InChI is InChI=1S/C15H26N2O/c18-17-15-12-9-8-11(10-12)14(15)16-13-6-4-2-1-3-5-7-13/h11-14,16,18H,1-10H2/b17-15+. The minimum absolute atomic E-state index is 0.387. The van der Waals surface area contributed by atoms with E-state index < -0.39 is 0 Å². The van der Waals surface area contributed by atoms with E-state index in [0.717, 1.165) is 11.6 Å². The molecule has 3 unspecified atom stereocenters. The van der Waals surface area contributed by atoms with Gasteiger partial charge in [0.15, 0.2) is 0 Å². The van der Waals surface area contributed by atoms with Crippen molar-refractivity contribution in [1.29, 1.82) is 0 Å². The van der Waals surface area contributed by atoms with Crippen LogP contribution in [0, 0.1) is 11.8 Å². The second kappa shape index (κ2) is 5.60. The molecule has 0 aromatic carbocycles. The Hall–Kier alpha value is -0.570. The van der Waals surface area contributed by atoms with Gasteiger partial charge in [0.25, 0.3) is 0 Å². The van der Waals surface area contributed by atoms with Crippen LogP contribution in [0.1, 0.15) is 64.2 Å². The average molecular weight is 250 g/mol. The number of fused-ring (bicyclic) bond motifs is 2. The van der Waals surface area contributed by atoms with Crippen LogP contribution in [0.15, 0.2) is 5.16 Å². The lowest BCUT2D eigenvalue weighted by Crippen LogP contribution is -2.46. The Morgan fingerprint density at radius 1 is 0.944 bits per heavy atom. The largest absolute Gasteiger partial charge is 0.411 e. The lowest BCUT2D eigenvalue weighted by molar-refractivity contribution is 0.300. The number of rotatable bonds is 2. The summed E-state index contributed by atoms with van der Waals surface area (Å²) in [7, 11) is 0. The molecule has 3 rings (SSSR count). The van der Waals surface area contributed by atoms with Crippen LogP contribution < -0.4 is 5.32 Å². The predicted octanol–water partition coefficient (Wildman–Crippen LogP) is 3.32. The highest BCUT2D eigenvalue weighted by molar-refractivity contribution is 5.94. The van der Waals surface area contributed by atoms with Gasteiger partial charge in [-0.15, -0.1) is 0 Å². The van der Waals surface area contributed by atoms with Crippen LogP contribution in [0.4, 0.5) is 0 Å². The van der Waals surface area contributed by atoms with Crippen molar-refractivity contribution in [2.24, 2.45) is 17.0 Å². The highest BCUT2D eigenvalue weighted by Gasteiger charge is 2.45. The van der Waals surface area contributed by atoms with Crippen molar-refractivity contribution in [1.82, 2.24) is 5.32 Å². The molecule has 2 N–H and O–H groups in total. The first-order chi connectivity index (χ1) is 8.88. The Labute approximate surface area is 110 Å². The van der Waals surface area contributed by atoms with Gasteiger partial charge in [-0.25, -0.2) is 0 Å². The highest BCUT2D eigenvalue weighted by atomic mass is 16.4. The molecule has 0 saturated heterocycles. The monoisotopic (exact) mass is 250 g/mol. The molecule has 0 aromatic heterocycles. The maximum absolute atomic E-state index is 9.24. The Kier molecular flexibility index (Phi) is 3.88. The van der Waals surface area contributed by atoms with E-state index in [1.807, 2.05) is 0 Å². The molecule has 18 heavy (non-hydrogen) atoms. The summed E-state index contributed by atoms with van der Waals surface area (Å²) < 4.78 is 0. The van der Waals surface area contributed by atoms with Gasteiger partial charge in [-0.05, 0) is 38.0 Å². The van der Waals surface area contributed by atoms with Gasteiger partial charge in [-0.3, -0.25) is 0 Å². The summed E-state index contributed by atoms with van der Waals surface area (Å²) in [6, 6.07) is 1.05. The fraction of sp³-hybridized carbons (Fsp3) is 0.933. The minimum atomic E-state index is 0.387. The van der Waals surface area contributed by atoms with Crippen LogP contribution in [-0.2, 0) is 0 Å². The van der Waals surface area contributed by atoms with Crippen LogP contribution in [0.3, 0.4) is 0 Å². The number of hydrogen-bond acceptors (Lipinski definition) is 3. The smallest absolute Gasteiger partial charge is 0.0773 e. The van der Waals surface area contributed by atoms with Crippen LogP contribution >= 0.6 is 0 Å². The first kappa shape index (κ1) is 12.5. The van der Waals surface area contributed by atoms with E-state index in [0.29, 0.717) is 18.0 Å². The molecule has 3 nitrogen and oxygen atoms in total. The molecule has 3 fully saturated rings. The van der Waals surface area contributed by atoms with Crippen molar-refractivity contribution in [3.63, 3.8) is 0 Å². The molecular formula is C15H26N2O. The number of nitrogens with one attached hydrogen (secondary N) is 1. The zero-order chi connectivity index (χ0) is 12.4. The fourth-order valence-electron chi connectivity index (χ4n) is 4.33. The molecule has 3 aliphatic rings. The van der Waals surface area contributed by atoms with Crippen LogP contribution in [-0.4, -0.2) is 23.0 Å². The van der Waals surface area contributed by atoms with E-state index in [1.54, 1.807) is 0 Å². The Morgan fingerprint density at radius 3 is 2.39 bits per heavy atom. The third-order valence-corrected chi connectivity index (χ3v) is 5.32. The first-order valence-corrected chi connectivity index (χ1v) is 7.86. The molecule has 0 spiro atoms. The van der Waals surface area contributed by atoms with E-state index in [4.69, 9.17) is 0 Å². The lowest BCUT2D eigenvalue weighted by atomic mass is 9.90. The van der Waals surface area contributed by atoms with Crippen molar-refractivity contribution in [2.45, 2.75) is 76.3 Å². The zero-order valence-electron chi connectivity index (χ0n) is 11.3. The van der Waals surface area contributed by atoms with Crippen molar-refractivity contribution in [3.8, 4) is 0 Å². The van der Waals surface area contributed by atoms with Gasteiger partial charge in [-0.1, -0.05) is 37.3 Å². The van der Waals surface area contributed by atoms with Crippen molar-refractivity contribution < 1.29 is 5.21 Å². The quantitative estimate of drug-likeness (QED) is 0.583. The summed E-state index contributed by atoms with van der Waals surface area (Å²) in [6.45, 7) is 0. The van der Waals surface area contributed by atoms with Gasteiger partial charge >= 0.3 is 0 Å². The number of hydrogen-bond donors (Lipinski definition) is 2. The molecular weight excluding hydrogens is 224 g/mol. The molecule has 2 bridgehead atoms.